The fourth-order valence-corrected chi connectivity index (χ4v) is 2.09. The summed E-state index contributed by atoms with van der Waals surface area (Å²) in [4.78, 5) is 4.59. The van der Waals surface area contributed by atoms with Crippen molar-refractivity contribution in [1.29, 1.82) is 0 Å². The minimum atomic E-state index is 0.166. The van der Waals surface area contributed by atoms with Crippen molar-refractivity contribution >= 4 is 10.9 Å². The third-order valence-corrected chi connectivity index (χ3v) is 2.90. The van der Waals surface area contributed by atoms with Gasteiger partial charge >= 0.3 is 0 Å². The molecule has 0 amide bonds. The SMILES string of the molecule is Cc1ccc2nc(C)cc(C(C)(C)C)c2c1. The van der Waals surface area contributed by atoms with Crippen molar-refractivity contribution in [2.45, 2.75) is 40.0 Å². The van der Waals surface area contributed by atoms with Crippen LogP contribution in [0.1, 0.15) is 37.6 Å². The van der Waals surface area contributed by atoms with Gasteiger partial charge in [0.1, 0.15) is 0 Å². The second-order valence-electron chi connectivity index (χ2n) is 5.58. The Labute approximate surface area is 97.5 Å². The van der Waals surface area contributed by atoms with Gasteiger partial charge in [-0.2, -0.15) is 0 Å². The molecule has 0 saturated heterocycles. The van der Waals surface area contributed by atoms with Crippen LogP contribution in [0.4, 0.5) is 0 Å². The molecule has 0 aliphatic carbocycles. The van der Waals surface area contributed by atoms with Gasteiger partial charge in [-0.3, -0.25) is 4.98 Å². The van der Waals surface area contributed by atoms with Crippen molar-refractivity contribution < 1.29 is 0 Å². The molecule has 16 heavy (non-hydrogen) atoms. The minimum absolute atomic E-state index is 0.166. The molecule has 84 valence electrons. The molecule has 0 fully saturated rings. The molecular weight excluding hydrogens is 194 g/mol. The van der Waals surface area contributed by atoms with E-state index in [4.69, 9.17) is 0 Å². The van der Waals surface area contributed by atoms with Crippen LogP contribution in [0.25, 0.3) is 10.9 Å². The van der Waals surface area contributed by atoms with E-state index in [1.807, 2.05) is 0 Å². The topological polar surface area (TPSA) is 12.9 Å². The molecule has 0 N–H and O–H groups in total. The summed E-state index contributed by atoms with van der Waals surface area (Å²) in [5.74, 6) is 0. The Bertz CT molecular complexity index is 533. The first-order valence-electron chi connectivity index (χ1n) is 5.76. The van der Waals surface area contributed by atoms with Crippen LogP contribution in [0, 0.1) is 13.8 Å². The molecular formula is C15H19N. The molecule has 1 aromatic carbocycles. The number of nitrogens with zero attached hydrogens (tertiary/aromatic N) is 1. The van der Waals surface area contributed by atoms with Crippen molar-refractivity contribution in [3.05, 3.63) is 41.1 Å². The summed E-state index contributed by atoms with van der Waals surface area (Å²) in [5.41, 5.74) is 5.05. The van der Waals surface area contributed by atoms with Gasteiger partial charge in [0.2, 0.25) is 0 Å². The molecule has 0 radical (unpaired) electrons. The summed E-state index contributed by atoms with van der Waals surface area (Å²) in [6.07, 6.45) is 0. The first-order valence-corrected chi connectivity index (χ1v) is 5.76. The number of benzene rings is 1. The van der Waals surface area contributed by atoms with E-state index in [2.05, 4.69) is 63.9 Å². The minimum Gasteiger partial charge on any atom is -0.253 e. The van der Waals surface area contributed by atoms with E-state index in [9.17, 15) is 0 Å². The lowest BCUT2D eigenvalue weighted by molar-refractivity contribution is 0.594. The number of rotatable bonds is 0. The lowest BCUT2D eigenvalue weighted by Gasteiger charge is -2.22. The second kappa shape index (κ2) is 3.58. The standard InChI is InChI=1S/C15H19N/c1-10-6-7-14-12(8-10)13(15(3,4)5)9-11(2)16-14/h6-9H,1-5H3. The monoisotopic (exact) mass is 213 g/mol. The first-order chi connectivity index (χ1) is 7.38. The number of aryl methyl sites for hydroxylation is 2. The maximum atomic E-state index is 4.59. The molecule has 0 atom stereocenters. The highest BCUT2D eigenvalue weighted by Gasteiger charge is 2.17. The molecule has 1 heteroatoms. The predicted octanol–water partition coefficient (Wildman–Crippen LogP) is 4.15. The summed E-state index contributed by atoms with van der Waals surface area (Å²) >= 11 is 0. The summed E-state index contributed by atoms with van der Waals surface area (Å²) in [7, 11) is 0. The highest BCUT2D eigenvalue weighted by Crippen LogP contribution is 2.30. The number of fused-ring (bicyclic) bond motifs is 1. The first kappa shape index (κ1) is 11.1. The van der Waals surface area contributed by atoms with Gasteiger partial charge in [0, 0.05) is 11.1 Å². The molecule has 1 aromatic heterocycles. The van der Waals surface area contributed by atoms with E-state index in [0.717, 1.165) is 11.2 Å². The molecule has 1 heterocycles. The van der Waals surface area contributed by atoms with Gasteiger partial charge in [-0.15, -0.1) is 0 Å². The maximum absolute atomic E-state index is 4.59. The summed E-state index contributed by atoms with van der Waals surface area (Å²) in [6.45, 7) is 11.0. The number of aromatic nitrogens is 1. The van der Waals surface area contributed by atoms with Crippen molar-refractivity contribution in [2.24, 2.45) is 0 Å². The fraction of sp³-hybridized carbons (Fsp3) is 0.400. The maximum Gasteiger partial charge on any atom is 0.0708 e. The largest absolute Gasteiger partial charge is 0.253 e. The molecule has 0 unspecified atom stereocenters. The Balaban J connectivity index is 2.85. The fourth-order valence-electron chi connectivity index (χ4n) is 2.09. The summed E-state index contributed by atoms with van der Waals surface area (Å²) in [6, 6.07) is 8.69. The zero-order valence-electron chi connectivity index (χ0n) is 10.8. The van der Waals surface area contributed by atoms with Crippen LogP contribution < -0.4 is 0 Å². The van der Waals surface area contributed by atoms with Crippen molar-refractivity contribution in [3.63, 3.8) is 0 Å². The molecule has 2 rings (SSSR count). The van der Waals surface area contributed by atoms with Crippen molar-refractivity contribution in [2.75, 3.05) is 0 Å². The van der Waals surface area contributed by atoms with Crippen LogP contribution in [-0.4, -0.2) is 4.98 Å². The van der Waals surface area contributed by atoms with Crippen LogP contribution in [0.15, 0.2) is 24.3 Å². The predicted molar refractivity (Wildman–Crippen MR) is 69.9 cm³/mol. The third-order valence-electron chi connectivity index (χ3n) is 2.90. The highest BCUT2D eigenvalue weighted by atomic mass is 14.7. The van der Waals surface area contributed by atoms with Gasteiger partial charge in [0.25, 0.3) is 0 Å². The Morgan fingerprint density at radius 1 is 1.00 bits per heavy atom. The van der Waals surface area contributed by atoms with Gasteiger partial charge in [0.05, 0.1) is 5.52 Å². The average molecular weight is 213 g/mol. The molecule has 0 aliphatic rings. The van der Waals surface area contributed by atoms with E-state index in [0.29, 0.717) is 0 Å². The quantitative estimate of drug-likeness (QED) is 0.640. The molecule has 0 aliphatic heterocycles. The molecule has 0 spiro atoms. The molecule has 0 bridgehead atoms. The van der Waals surface area contributed by atoms with Crippen LogP contribution in [0.5, 0.6) is 0 Å². The Hall–Kier alpha value is -1.37. The summed E-state index contributed by atoms with van der Waals surface area (Å²) in [5, 5.41) is 1.29. The van der Waals surface area contributed by atoms with E-state index in [1.54, 1.807) is 0 Å². The van der Waals surface area contributed by atoms with Gasteiger partial charge in [-0.05, 0) is 43.0 Å². The van der Waals surface area contributed by atoms with Gasteiger partial charge in [-0.1, -0.05) is 32.4 Å². The zero-order chi connectivity index (χ0) is 11.9. The Morgan fingerprint density at radius 3 is 2.31 bits per heavy atom. The average Bonchev–Trinajstić information content (AvgIpc) is 2.16. The summed E-state index contributed by atoms with van der Waals surface area (Å²) < 4.78 is 0. The van der Waals surface area contributed by atoms with Crippen LogP contribution >= 0.6 is 0 Å². The van der Waals surface area contributed by atoms with E-state index in [1.165, 1.54) is 16.5 Å². The lowest BCUT2D eigenvalue weighted by Crippen LogP contribution is -2.12. The lowest BCUT2D eigenvalue weighted by atomic mass is 9.84. The Morgan fingerprint density at radius 2 is 1.69 bits per heavy atom. The molecule has 1 nitrogen and oxygen atoms in total. The van der Waals surface area contributed by atoms with Gasteiger partial charge in [0.15, 0.2) is 0 Å². The Kier molecular flexibility index (Phi) is 2.49. The normalized spacial score (nSPS) is 12.1. The van der Waals surface area contributed by atoms with Crippen molar-refractivity contribution in [3.8, 4) is 0 Å². The van der Waals surface area contributed by atoms with Gasteiger partial charge < -0.3 is 0 Å². The third kappa shape index (κ3) is 1.95. The van der Waals surface area contributed by atoms with E-state index in [-0.39, 0.29) is 5.41 Å². The van der Waals surface area contributed by atoms with E-state index >= 15 is 0 Å². The van der Waals surface area contributed by atoms with E-state index < -0.39 is 0 Å². The number of hydrogen-bond donors (Lipinski definition) is 0. The van der Waals surface area contributed by atoms with Crippen molar-refractivity contribution in [1.82, 2.24) is 4.98 Å². The molecule has 0 saturated carbocycles. The highest BCUT2D eigenvalue weighted by molar-refractivity contribution is 5.84. The number of hydrogen-bond acceptors (Lipinski definition) is 1. The number of pyridine rings is 1. The van der Waals surface area contributed by atoms with Crippen LogP contribution in [0.3, 0.4) is 0 Å². The van der Waals surface area contributed by atoms with Crippen LogP contribution in [-0.2, 0) is 5.41 Å². The van der Waals surface area contributed by atoms with Gasteiger partial charge in [-0.25, -0.2) is 0 Å². The smallest absolute Gasteiger partial charge is 0.0708 e. The van der Waals surface area contributed by atoms with Crippen LogP contribution in [0.2, 0.25) is 0 Å². The molecule has 2 aromatic rings. The zero-order valence-corrected chi connectivity index (χ0v) is 10.8. The second-order valence-corrected chi connectivity index (χ2v) is 5.58.